The topological polar surface area (TPSA) is 106 Å². The summed E-state index contributed by atoms with van der Waals surface area (Å²) in [5, 5.41) is 9.64. The van der Waals surface area contributed by atoms with E-state index in [1.165, 1.54) is 7.11 Å². The molecule has 0 unspecified atom stereocenters. The Morgan fingerprint density at radius 2 is 2.12 bits per heavy atom. The van der Waals surface area contributed by atoms with Crippen molar-refractivity contribution in [2.45, 2.75) is 51.9 Å². The van der Waals surface area contributed by atoms with Crippen LogP contribution in [0.3, 0.4) is 0 Å². The maximum atomic E-state index is 12.4. The summed E-state index contributed by atoms with van der Waals surface area (Å²) in [6.07, 6.45) is 2.50. The Labute approximate surface area is 152 Å². The molecule has 0 spiro atoms. The van der Waals surface area contributed by atoms with E-state index in [-0.39, 0.29) is 24.3 Å². The minimum Gasteiger partial charge on any atom is -0.453 e. The smallest absolute Gasteiger partial charge is 0.407 e. The number of hydrogen-bond donors (Lipinski definition) is 2. The first-order valence-corrected chi connectivity index (χ1v) is 8.94. The van der Waals surface area contributed by atoms with E-state index in [1.54, 1.807) is 6.92 Å². The van der Waals surface area contributed by atoms with Crippen LogP contribution in [0, 0.1) is 5.92 Å². The molecule has 0 bridgehead atoms. The number of carbonyl (C=O) groups is 3. The minimum absolute atomic E-state index is 0.201. The van der Waals surface area contributed by atoms with Crippen LogP contribution in [0.5, 0.6) is 0 Å². The third-order valence-electron chi connectivity index (χ3n) is 4.97. The van der Waals surface area contributed by atoms with Crippen LogP contribution in [0.2, 0.25) is 0 Å². The van der Waals surface area contributed by atoms with Crippen LogP contribution in [0.4, 0.5) is 4.79 Å². The number of nitrogens with zero attached hydrogens (tertiary/aromatic N) is 3. The number of carbonyl (C=O) groups excluding carboxylic acids is 3. The minimum atomic E-state index is -0.699. The summed E-state index contributed by atoms with van der Waals surface area (Å²) in [5.74, 6) is 0.136. The number of amides is 3. The van der Waals surface area contributed by atoms with Gasteiger partial charge in [-0.05, 0) is 25.8 Å². The third kappa shape index (κ3) is 3.97. The predicted octanol–water partition coefficient (Wildman–Crippen LogP) is 0.386. The lowest BCUT2D eigenvalue weighted by molar-refractivity contribution is -0.139. The van der Waals surface area contributed by atoms with E-state index in [1.807, 2.05) is 15.6 Å². The molecule has 1 aromatic heterocycles. The predicted molar refractivity (Wildman–Crippen MR) is 91.8 cm³/mol. The SMILES string of the molecule is COC(=O)N[C@H](C)C(=O)NCc1cc2n(n1)CCN(C(=O)C1CCC1)C2. The standard InChI is InChI=1S/C17H25N5O4/c1-11(19-17(25)26-2)15(23)18-9-13-8-14-10-21(6-7-22(14)20-13)16(24)12-4-3-5-12/h8,11-12H,3-7,9-10H2,1-2H3,(H,18,23)(H,19,25)/t11-/m1/s1. The first-order chi connectivity index (χ1) is 12.5. The fourth-order valence-electron chi connectivity index (χ4n) is 3.15. The van der Waals surface area contributed by atoms with Gasteiger partial charge in [0, 0.05) is 12.5 Å². The van der Waals surface area contributed by atoms with Crippen LogP contribution in [-0.4, -0.2) is 52.3 Å². The van der Waals surface area contributed by atoms with E-state index in [0.717, 1.165) is 30.7 Å². The quantitative estimate of drug-likeness (QED) is 0.787. The molecule has 2 aliphatic rings. The maximum absolute atomic E-state index is 12.4. The summed E-state index contributed by atoms with van der Waals surface area (Å²) in [4.78, 5) is 37.4. The summed E-state index contributed by atoms with van der Waals surface area (Å²) >= 11 is 0. The Hall–Kier alpha value is -2.58. The number of rotatable bonds is 5. The van der Waals surface area contributed by atoms with Gasteiger partial charge >= 0.3 is 6.09 Å². The molecule has 9 heteroatoms. The fourth-order valence-corrected chi connectivity index (χ4v) is 3.15. The highest BCUT2D eigenvalue weighted by atomic mass is 16.5. The molecule has 9 nitrogen and oxygen atoms in total. The summed E-state index contributed by atoms with van der Waals surface area (Å²) in [7, 11) is 1.24. The van der Waals surface area contributed by atoms with Gasteiger partial charge in [0.05, 0.1) is 38.1 Å². The lowest BCUT2D eigenvalue weighted by Gasteiger charge is -2.34. The zero-order valence-electron chi connectivity index (χ0n) is 15.2. The highest BCUT2D eigenvalue weighted by Gasteiger charge is 2.31. The van der Waals surface area contributed by atoms with Crippen molar-refractivity contribution < 1.29 is 19.1 Å². The van der Waals surface area contributed by atoms with Gasteiger partial charge in [0.25, 0.3) is 0 Å². The lowest BCUT2D eigenvalue weighted by atomic mass is 9.84. The Bertz CT molecular complexity index is 697. The summed E-state index contributed by atoms with van der Waals surface area (Å²) < 4.78 is 6.36. The van der Waals surface area contributed by atoms with Crippen LogP contribution < -0.4 is 10.6 Å². The fraction of sp³-hybridized carbons (Fsp3) is 0.647. The lowest BCUT2D eigenvalue weighted by Crippen LogP contribution is -2.44. The van der Waals surface area contributed by atoms with Crippen LogP contribution >= 0.6 is 0 Å². The molecule has 142 valence electrons. The molecule has 1 saturated carbocycles. The Kier molecular flexibility index (Phi) is 5.43. The number of alkyl carbamates (subject to hydrolysis) is 1. The highest BCUT2D eigenvalue weighted by molar-refractivity contribution is 5.85. The molecule has 0 aromatic carbocycles. The van der Waals surface area contributed by atoms with Crippen molar-refractivity contribution in [3.63, 3.8) is 0 Å². The van der Waals surface area contributed by atoms with Crippen molar-refractivity contribution in [2.24, 2.45) is 5.92 Å². The van der Waals surface area contributed by atoms with Crippen molar-refractivity contribution in [3.8, 4) is 0 Å². The van der Waals surface area contributed by atoms with Gasteiger partial charge in [-0.1, -0.05) is 6.42 Å². The average Bonchev–Trinajstić information content (AvgIpc) is 2.99. The van der Waals surface area contributed by atoms with Gasteiger partial charge in [0.15, 0.2) is 0 Å². The molecular weight excluding hydrogens is 338 g/mol. The van der Waals surface area contributed by atoms with E-state index >= 15 is 0 Å². The van der Waals surface area contributed by atoms with Crippen LogP contribution in [-0.2, 0) is 34.0 Å². The van der Waals surface area contributed by atoms with Gasteiger partial charge < -0.3 is 20.3 Å². The molecule has 1 aliphatic carbocycles. The normalized spacial score (nSPS) is 17.7. The summed E-state index contributed by atoms with van der Waals surface area (Å²) in [5.41, 5.74) is 1.71. The zero-order chi connectivity index (χ0) is 18.7. The van der Waals surface area contributed by atoms with E-state index < -0.39 is 12.1 Å². The molecule has 2 heterocycles. The summed E-state index contributed by atoms with van der Waals surface area (Å²) in [6, 6.07) is 1.22. The van der Waals surface area contributed by atoms with Gasteiger partial charge in [-0.2, -0.15) is 5.10 Å². The molecule has 0 radical (unpaired) electrons. The van der Waals surface area contributed by atoms with Gasteiger partial charge in [0.1, 0.15) is 6.04 Å². The first-order valence-electron chi connectivity index (χ1n) is 8.94. The summed E-state index contributed by atoms with van der Waals surface area (Å²) in [6.45, 7) is 3.76. The molecular formula is C17H25N5O4. The number of nitrogens with one attached hydrogen (secondary N) is 2. The molecule has 1 aromatic rings. The average molecular weight is 363 g/mol. The van der Waals surface area contributed by atoms with Gasteiger partial charge in [0.2, 0.25) is 11.8 Å². The Balaban J connectivity index is 1.52. The second kappa shape index (κ2) is 7.76. The number of hydrogen-bond acceptors (Lipinski definition) is 5. The van der Waals surface area contributed by atoms with E-state index in [0.29, 0.717) is 19.6 Å². The maximum Gasteiger partial charge on any atom is 0.407 e. The second-order valence-electron chi connectivity index (χ2n) is 6.81. The van der Waals surface area contributed by atoms with E-state index in [2.05, 4.69) is 20.5 Å². The zero-order valence-corrected chi connectivity index (χ0v) is 15.2. The van der Waals surface area contributed by atoms with Crippen molar-refractivity contribution in [2.75, 3.05) is 13.7 Å². The highest BCUT2D eigenvalue weighted by Crippen LogP contribution is 2.29. The first kappa shape index (κ1) is 18.2. The van der Waals surface area contributed by atoms with Crippen molar-refractivity contribution >= 4 is 17.9 Å². The molecule has 1 aliphatic heterocycles. The van der Waals surface area contributed by atoms with Crippen molar-refractivity contribution in [3.05, 3.63) is 17.5 Å². The molecule has 0 saturated heterocycles. The Morgan fingerprint density at radius 3 is 2.77 bits per heavy atom. The van der Waals surface area contributed by atoms with Gasteiger partial charge in [-0.3, -0.25) is 14.3 Å². The molecule has 1 fully saturated rings. The molecule has 3 rings (SSSR count). The van der Waals surface area contributed by atoms with E-state index in [4.69, 9.17) is 0 Å². The molecule has 1 atom stereocenters. The van der Waals surface area contributed by atoms with Crippen molar-refractivity contribution in [1.29, 1.82) is 0 Å². The van der Waals surface area contributed by atoms with Crippen molar-refractivity contribution in [1.82, 2.24) is 25.3 Å². The number of methoxy groups -OCH3 is 1. The van der Waals surface area contributed by atoms with Crippen LogP contribution in [0.25, 0.3) is 0 Å². The molecule has 2 N–H and O–H groups in total. The largest absolute Gasteiger partial charge is 0.453 e. The van der Waals surface area contributed by atoms with Crippen LogP contribution in [0.1, 0.15) is 37.6 Å². The van der Waals surface area contributed by atoms with E-state index in [9.17, 15) is 14.4 Å². The monoisotopic (exact) mass is 363 g/mol. The molecule has 3 amide bonds. The number of fused-ring (bicyclic) bond motifs is 1. The Morgan fingerprint density at radius 1 is 1.35 bits per heavy atom. The number of aromatic nitrogens is 2. The van der Waals surface area contributed by atoms with Gasteiger partial charge in [-0.25, -0.2) is 4.79 Å². The second-order valence-corrected chi connectivity index (χ2v) is 6.81. The van der Waals surface area contributed by atoms with Gasteiger partial charge in [-0.15, -0.1) is 0 Å². The van der Waals surface area contributed by atoms with Crippen LogP contribution in [0.15, 0.2) is 6.07 Å². The number of ether oxygens (including phenoxy) is 1. The third-order valence-corrected chi connectivity index (χ3v) is 4.97. The molecule has 26 heavy (non-hydrogen) atoms.